The minimum atomic E-state index is 0.526. The first-order valence-electron chi connectivity index (χ1n) is 4.30. The first-order valence-corrected chi connectivity index (χ1v) is 4.30. The molecule has 0 spiro atoms. The second kappa shape index (κ2) is 3.61. The van der Waals surface area contributed by atoms with E-state index in [1.54, 1.807) is 6.08 Å². The minimum absolute atomic E-state index is 0.526. The van der Waals surface area contributed by atoms with Crippen molar-refractivity contribution in [2.24, 2.45) is 11.8 Å². The lowest BCUT2D eigenvalue weighted by molar-refractivity contribution is 0.321. The average molecular weight is 152 g/mol. The molecule has 0 radical (unpaired) electrons. The maximum Gasteiger partial charge on any atom is 0.0928 e. The maximum absolute atomic E-state index is 9.23. The van der Waals surface area contributed by atoms with Crippen LogP contribution in [0.2, 0.25) is 0 Å². The standard InChI is InChI=1S/C10H16O/c1-3-8(2)9-5-4-6-10(11)7-9/h4-6,8-9,11H,3,7H2,1-2H3/t8-,9?/m0/s1. The van der Waals surface area contributed by atoms with Gasteiger partial charge in [0.1, 0.15) is 0 Å². The summed E-state index contributed by atoms with van der Waals surface area (Å²) >= 11 is 0. The second-order valence-electron chi connectivity index (χ2n) is 3.30. The summed E-state index contributed by atoms with van der Waals surface area (Å²) in [5.74, 6) is 1.75. The van der Waals surface area contributed by atoms with Crippen LogP contribution in [0.25, 0.3) is 0 Å². The van der Waals surface area contributed by atoms with Crippen LogP contribution in [0, 0.1) is 11.8 Å². The van der Waals surface area contributed by atoms with Crippen molar-refractivity contribution in [3.63, 3.8) is 0 Å². The van der Waals surface area contributed by atoms with Crippen LogP contribution in [-0.4, -0.2) is 5.11 Å². The van der Waals surface area contributed by atoms with Crippen molar-refractivity contribution in [1.82, 2.24) is 0 Å². The van der Waals surface area contributed by atoms with Gasteiger partial charge in [-0.1, -0.05) is 32.4 Å². The fourth-order valence-corrected chi connectivity index (χ4v) is 1.38. The van der Waals surface area contributed by atoms with Gasteiger partial charge >= 0.3 is 0 Å². The Morgan fingerprint density at radius 2 is 2.45 bits per heavy atom. The largest absolute Gasteiger partial charge is 0.512 e. The van der Waals surface area contributed by atoms with Crippen LogP contribution in [0.15, 0.2) is 24.0 Å². The summed E-state index contributed by atoms with van der Waals surface area (Å²) in [4.78, 5) is 0. The van der Waals surface area contributed by atoms with Gasteiger partial charge in [-0.15, -0.1) is 0 Å². The molecule has 0 saturated heterocycles. The zero-order valence-electron chi connectivity index (χ0n) is 7.25. The van der Waals surface area contributed by atoms with Crippen LogP contribution in [0.4, 0.5) is 0 Å². The normalized spacial score (nSPS) is 26.4. The number of allylic oxidation sites excluding steroid dienone is 4. The SMILES string of the molecule is CC[C@H](C)C1C=CC=C(O)C1. The number of aliphatic hydroxyl groups is 1. The zero-order valence-corrected chi connectivity index (χ0v) is 7.25. The van der Waals surface area contributed by atoms with E-state index in [1.807, 2.05) is 6.08 Å². The summed E-state index contributed by atoms with van der Waals surface area (Å²) < 4.78 is 0. The van der Waals surface area contributed by atoms with Gasteiger partial charge in [0.15, 0.2) is 0 Å². The molecule has 1 N–H and O–H groups in total. The predicted molar refractivity (Wildman–Crippen MR) is 47.4 cm³/mol. The smallest absolute Gasteiger partial charge is 0.0928 e. The summed E-state index contributed by atoms with van der Waals surface area (Å²) in [6, 6.07) is 0. The molecule has 0 bridgehead atoms. The Hall–Kier alpha value is -0.720. The van der Waals surface area contributed by atoms with Crippen molar-refractivity contribution >= 4 is 0 Å². The third-order valence-electron chi connectivity index (χ3n) is 2.47. The van der Waals surface area contributed by atoms with E-state index in [2.05, 4.69) is 19.9 Å². The first kappa shape index (κ1) is 8.38. The third kappa shape index (κ3) is 2.11. The highest BCUT2D eigenvalue weighted by Gasteiger charge is 2.15. The molecular weight excluding hydrogens is 136 g/mol. The van der Waals surface area contributed by atoms with Crippen LogP contribution in [0.1, 0.15) is 26.7 Å². The van der Waals surface area contributed by atoms with E-state index >= 15 is 0 Å². The molecule has 0 aromatic carbocycles. The van der Waals surface area contributed by atoms with E-state index in [1.165, 1.54) is 6.42 Å². The molecule has 0 aromatic rings. The first-order chi connectivity index (χ1) is 5.24. The molecule has 0 aliphatic heterocycles. The molecule has 0 saturated carbocycles. The highest BCUT2D eigenvalue weighted by molar-refractivity contribution is 5.15. The van der Waals surface area contributed by atoms with Crippen molar-refractivity contribution in [3.8, 4) is 0 Å². The van der Waals surface area contributed by atoms with E-state index in [4.69, 9.17) is 0 Å². The highest BCUT2D eigenvalue weighted by Crippen LogP contribution is 2.25. The molecule has 1 rings (SSSR count). The Kier molecular flexibility index (Phi) is 2.75. The fourth-order valence-electron chi connectivity index (χ4n) is 1.38. The average Bonchev–Trinajstić information content (AvgIpc) is 2.03. The predicted octanol–water partition coefficient (Wildman–Crippen LogP) is 3.05. The summed E-state index contributed by atoms with van der Waals surface area (Å²) in [5.41, 5.74) is 0. The fraction of sp³-hybridized carbons (Fsp3) is 0.600. The van der Waals surface area contributed by atoms with Gasteiger partial charge in [-0.05, 0) is 17.9 Å². The van der Waals surface area contributed by atoms with Crippen LogP contribution in [0.3, 0.4) is 0 Å². The van der Waals surface area contributed by atoms with Crippen molar-refractivity contribution in [3.05, 3.63) is 24.0 Å². The molecular formula is C10H16O. The minimum Gasteiger partial charge on any atom is -0.512 e. The Balaban J connectivity index is 2.52. The number of rotatable bonds is 2. The molecule has 1 aliphatic carbocycles. The topological polar surface area (TPSA) is 20.2 Å². The van der Waals surface area contributed by atoms with Crippen molar-refractivity contribution in [2.45, 2.75) is 26.7 Å². The molecule has 0 heterocycles. The monoisotopic (exact) mass is 152 g/mol. The third-order valence-corrected chi connectivity index (χ3v) is 2.47. The molecule has 2 atom stereocenters. The Bertz CT molecular complexity index is 179. The number of hydrogen-bond acceptors (Lipinski definition) is 1. The van der Waals surface area contributed by atoms with Gasteiger partial charge in [-0.3, -0.25) is 0 Å². The summed E-state index contributed by atoms with van der Waals surface area (Å²) in [6.45, 7) is 4.42. The van der Waals surface area contributed by atoms with Gasteiger partial charge in [0.2, 0.25) is 0 Å². The molecule has 0 fully saturated rings. The van der Waals surface area contributed by atoms with Crippen LogP contribution >= 0.6 is 0 Å². The number of hydrogen-bond donors (Lipinski definition) is 1. The summed E-state index contributed by atoms with van der Waals surface area (Å²) in [7, 11) is 0. The van der Waals surface area contributed by atoms with Crippen LogP contribution in [0.5, 0.6) is 0 Å². The second-order valence-corrected chi connectivity index (χ2v) is 3.30. The van der Waals surface area contributed by atoms with E-state index in [-0.39, 0.29) is 0 Å². The zero-order chi connectivity index (χ0) is 8.27. The van der Waals surface area contributed by atoms with Crippen molar-refractivity contribution in [1.29, 1.82) is 0 Å². The van der Waals surface area contributed by atoms with Gasteiger partial charge in [-0.25, -0.2) is 0 Å². The lowest BCUT2D eigenvalue weighted by Crippen LogP contribution is -2.11. The molecule has 1 aliphatic rings. The molecule has 1 nitrogen and oxygen atoms in total. The molecule has 62 valence electrons. The lowest BCUT2D eigenvalue weighted by Gasteiger charge is -2.20. The summed E-state index contributed by atoms with van der Waals surface area (Å²) in [6.07, 6.45) is 7.93. The Morgan fingerprint density at radius 3 is 3.00 bits per heavy atom. The molecule has 1 heteroatoms. The molecule has 11 heavy (non-hydrogen) atoms. The highest BCUT2D eigenvalue weighted by atomic mass is 16.3. The molecule has 1 unspecified atom stereocenters. The van der Waals surface area contributed by atoms with Gasteiger partial charge < -0.3 is 5.11 Å². The van der Waals surface area contributed by atoms with Crippen molar-refractivity contribution in [2.75, 3.05) is 0 Å². The molecule has 0 amide bonds. The van der Waals surface area contributed by atoms with E-state index in [0.29, 0.717) is 17.6 Å². The van der Waals surface area contributed by atoms with Crippen molar-refractivity contribution < 1.29 is 5.11 Å². The quantitative estimate of drug-likeness (QED) is 0.644. The van der Waals surface area contributed by atoms with Gasteiger partial charge in [0, 0.05) is 6.42 Å². The van der Waals surface area contributed by atoms with E-state index in [9.17, 15) is 5.11 Å². The van der Waals surface area contributed by atoms with Gasteiger partial charge in [0.25, 0.3) is 0 Å². The lowest BCUT2D eigenvalue weighted by atomic mass is 9.86. The molecule has 0 aromatic heterocycles. The Morgan fingerprint density at radius 1 is 1.73 bits per heavy atom. The van der Waals surface area contributed by atoms with E-state index in [0.717, 1.165) is 6.42 Å². The van der Waals surface area contributed by atoms with Crippen LogP contribution < -0.4 is 0 Å². The maximum atomic E-state index is 9.23. The Labute approximate surface area is 68.4 Å². The number of aliphatic hydroxyl groups excluding tert-OH is 1. The van der Waals surface area contributed by atoms with Crippen LogP contribution in [-0.2, 0) is 0 Å². The summed E-state index contributed by atoms with van der Waals surface area (Å²) in [5, 5.41) is 9.23. The van der Waals surface area contributed by atoms with Gasteiger partial charge in [-0.2, -0.15) is 0 Å². The van der Waals surface area contributed by atoms with E-state index < -0.39 is 0 Å². The van der Waals surface area contributed by atoms with Gasteiger partial charge in [0.05, 0.1) is 5.76 Å².